The van der Waals surface area contributed by atoms with E-state index in [-0.39, 0.29) is 12.2 Å². The van der Waals surface area contributed by atoms with Gasteiger partial charge in [-0.2, -0.15) is 0 Å². The highest BCUT2D eigenvalue weighted by Gasteiger charge is 2.19. The minimum atomic E-state index is -0.482. The molecule has 2 aromatic rings. The highest BCUT2D eigenvalue weighted by Crippen LogP contribution is 2.20. The van der Waals surface area contributed by atoms with Gasteiger partial charge in [0.15, 0.2) is 0 Å². The predicted molar refractivity (Wildman–Crippen MR) is 93.3 cm³/mol. The molecule has 0 N–H and O–H groups in total. The molecule has 126 valence electrons. The summed E-state index contributed by atoms with van der Waals surface area (Å²) in [5.41, 5.74) is 2.12. The number of carbonyl (C=O) groups excluding carboxylic acids is 2. The first-order chi connectivity index (χ1) is 11.5. The lowest BCUT2D eigenvalue weighted by molar-refractivity contribution is -0.151. The van der Waals surface area contributed by atoms with Crippen LogP contribution in [0.15, 0.2) is 60.7 Å². The molecule has 0 bridgehead atoms. The maximum Gasteiger partial charge on any atom is 0.313 e. The lowest BCUT2D eigenvalue weighted by atomic mass is 10.1. The van der Waals surface area contributed by atoms with E-state index in [9.17, 15) is 9.59 Å². The molecular formula is C20H23NO3. The molecule has 1 unspecified atom stereocenters. The van der Waals surface area contributed by atoms with Crippen LogP contribution in [-0.4, -0.2) is 30.2 Å². The van der Waals surface area contributed by atoms with Gasteiger partial charge in [-0.15, -0.1) is 0 Å². The maximum atomic E-state index is 11.9. The summed E-state index contributed by atoms with van der Waals surface area (Å²) in [5.74, 6) is -0.672. The van der Waals surface area contributed by atoms with E-state index in [1.807, 2.05) is 55.6 Å². The Morgan fingerprint density at radius 3 is 2.17 bits per heavy atom. The van der Waals surface area contributed by atoms with E-state index in [1.165, 1.54) is 12.5 Å². The van der Waals surface area contributed by atoms with Crippen LogP contribution in [0.4, 0.5) is 0 Å². The topological polar surface area (TPSA) is 46.6 Å². The first kappa shape index (κ1) is 17.9. The summed E-state index contributed by atoms with van der Waals surface area (Å²) in [7, 11) is 1.99. The molecule has 1 atom stereocenters. The summed E-state index contributed by atoms with van der Waals surface area (Å²) >= 11 is 0. The number of likely N-dealkylation sites (N-methyl/N-ethyl adjacent to an activating group) is 1. The minimum Gasteiger partial charge on any atom is -0.456 e. The largest absolute Gasteiger partial charge is 0.456 e. The molecule has 0 aromatic heterocycles. The number of hydrogen-bond donors (Lipinski definition) is 0. The van der Waals surface area contributed by atoms with Gasteiger partial charge < -0.3 is 4.74 Å². The Labute approximate surface area is 143 Å². The van der Waals surface area contributed by atoms with E-state index in [2.05, 4.69) is 17.0 Å². The van der Waals surface area contributed by atoms with E-state index >= 15 is 0 Å². The van der Waals surface area contributed by atoms with Gasteiger partial charge in [0.05, 0.1) is 0 Å². The van der Waals surface area contributed by atoms with Crippen molar-refractivity contribution < 1.29 is 14.3 Å². The van der Waals surface area contributed by atoms with Crippen LogP contribution in [-0.2, 0) is 20.9 Å². The van der Waals surface area contributed by atoms with E-state index in [4.69, 9.17) is 4.74 Å². The molecular weight excluding hydrogens is 302 g/mol. The van der Waals surface area contributed by atoms with Crippen molar-refractivity contribution in [1.82, 2.24) is 4.90 Å². The third-order valence-corrected chi connectivity index (χ3v) is 3.61. The zero-order valence-electron chi connectivity index (χ0n) is 14.1. The monoisotopic (exact) mass is 325 g/mol. The number of hydrogen-bond acceptors (Lipinski definition) is 4. The molecule has 24 heavy (non-hydrogen) atoms. The smallest absolute Gasteiger partial charge is 0.313 e. The normalized spacial score (nSPS) is 12.0. The van der Waals surface area contributed by atoms with Gasteiger partial charge in [-0.1, -0.05) is 60.7 Å². The Balaban J connectivity index is 2.05. The summed E-state index contributed by atoms with van der Waals surface area (Å²) in [5, 5.41) is 0. The highest BCUT2D eigenvalue weighted by atomic mass is 16.5. The molecule has 4 heteroatoms. The van der Waals surface area contributed by atoms with Crippen LogP contribution in [0.3, 0.4) is 0 Å². The van der Waals surface area contributed by atoms with Crippen molar-refractivity contribution in [2.75, 3.05) is 13.6 Å². The van der Waals surface area contributed by atoms with Crippen molar-refractivity contribution in [1.29, 1.82) is 0 Å². The molecule has 0 aliphatic carbocycles. The van der Waals surface area contributed by atoms with Gasteiger partial charge in [0.25, 0.3) is 0 Å². The first-order valence-corrected chi connectivity index (χ1v) is 8.01. The zero-order valence-corrected chi connectivity index (χ0v) is 14.1. The minimum absolute atomic E-state index is 0.189. The summed E-state index contributed by atoms with van der Waals surface area (Å²) in [6.45, 7) is 2.71. The van der Waals surface area contributed by atoms with Crippen LogP contribution >= 0.6 is 0 Å². The summed E-state index contributed by atoms with van der Waals surface area (Å²) in [6.07, 6.45) is -0.585. The summed E-state index contributed by atoms with van der Waals surface area (Å²) in [4.78, 5) is 25.1. The lowest BCUT2D eigenvalue weighted by Crippen LogP contribution is -2.27. The number of ether oxygens (including phenoxy) is 1. The fourth-order valence-electron chi connectivity index (χ4n) is 2.52. The Hall–Kier alpha value is -2.46. The number of ketones is 1. The van der Waals surface area contributed by atoms with Crippen LogP contribution in [0.1, 0.15) is 30.6 Å². The molecule has 0 amide bonds. The number of benzene rings is 2. The SMILES string of the molecule is CC(=O)CC(=O)OC(CN(C)Cc1ccccc1)c1ccccc1. The number of nitrogens with zero attached hydrogens (tertiary/aromatic N) is 1. The van der Waals surface area contributed by atoms with Crippen LogP contribution in [0.5, 0.6) is 0 Å². The van der Waals surface area contributed by atoms with Crippen LogP contribution in [0.25, 0.3) is 0 Å². The molecule has 0 spiro atoms. The third-order valence-electron chi connectivity index (χ3n) is 3.61. The Morgan fingerprint density at radius 2 is 1.58 bits per heavy atom. The van der Waals surface area contributed by atoms with Gasteiger partial charge >= 0.3 is 5.97 Å². The van der Waals surface area contributed by atoms with E-state index in [1.54, 1.807) is 0 Å². The number of Topliss-reactive ketones (excluding diaryl/α,β-unsaturated/α-hetero) is 1. The lowest BCUT2D eigenvalue weighted by Gasteiger charge is -2.24. The molecule has 0 fully saturated rings. The van der Waals surface area contributed by atoms with Gasteiger partial charge in [-0.05, 0) is 25.1 Å². The number of carbonyl (C=O) groups is 2. The van der Waals surface area contributed by atoms with Gasteiger partial charge in [0, 0.05) is 13.1 Å². The Kier molecular flexibility index (Phi) is 6.70. The summed E-state index contributed by atoms with van der Waals surface area (Å²) in [6, 6.07) is 19.7. The Bertz CT molecular complexity index is 655. The fraction of sp³-hybridized carbons (Fsp3) is 0.300. The maximum absolute atomic E-state index is 11.9. The van der Waals surface area contributed by atoms with Gasteiger partial charge in [0.2, 0.25) is 0 Å². The highest BCUT2D eigenvalue weighted by molar-refractivity contribution is 5.94. The molecule has 0 saturated heterocycles. The van der Waals surface area contributed by atoms with Crippen LogP contribution in [0.2, 0.25) is 0 Å². The third kappa shape index (κ3) is 5.97. The van der Waals surface area contributed by atoms with Crippen LogP contribution in [0, 0.1) is 0 Å². The van der Waals surface area contributed by atoms with Gasteiger partial charge in [-0.25, -0.2) is 0 Å². The molecule has 4 nitrogen and oxygen atoms in total. The predicted octanol–water partition coefficient (Wildman–Crippen LogP) is 3.38. The van der Waals surface area contributed by atoms with Gasteiger partial charge in [-0.3, -0.25) is 14.5 Å². The average Bonchev–Trinajstić information content (AvgIpc) is 2.55. The molecule has 2 aromatic carbocycles. The van der Waals surface area contributed by atoms with Crippen molar-refractivity contribution in [2.45, 2.75) is 26.0 Å². The zero-order chi connectivity index (χ0) is 17.4. The van der Waals surface area contributed by atoms with Crippen molar-refractivity contribution in [2.24, 2.45) is 0 Å². The van der Waals surface area contributed by atoms with E-state index in [0.29, 0.717) is 6.54 Å². The molecule has 0 aliphatic heterocycles. The van der Waals surface area contributed by atoms with Crippen molar-refractivity contribution >= 4 is 11.8 Å². The number of rotatable bonds is 8. The average molecular weight is 325 g/mol. The van der Waals surface area contributed by atoms with Gasteiger partial charge in [0.1, 0.15) is 18.3 Å². The van der Waals surface area contributed by atoms with Crippen molar-refractivity contribution in [3.05, 3.63) is 71.8 Å². The Morgan fingerprint density at radius 1 is 1.00 bits per heavy atom. The molecule has 2 rings (SSSR count). The quantitative estimate of drug-likeness (QED) is 0.551. The molecule has 0 saturated carbocycles. The second-order valence-electron chi connectivity index (χ2n) is 5.95. The number of esters is 1. The fourth-order valence-corrected chi connectivity index (χ4v) is 2.52. The first-order valence-electron chi connectivity index (χ1n) is 8.01. The van der Waals surface area contributed by atoms with Crippen molar-refractivity contribution in [3.8, 4) is 0 Å². The molecule has 0 heterocycles. The molecule has 0 radical (unpaired) electrons. The standard InChI is InChI=1S/C20H23NO3/c1-16(22)13-20(23)24-19(18-11-7-4-8-12-18)15-21(2)14-17-9-5-3-6-10-17/h3-12,19H,13-15H2,1-2H3. The second kappa shape index (κ2) is 8.99. The molecule has 0 aliphatic rings. The second-order valence-corrected chi connectivity index (χ2v) is 5.95. The summed E-state index contributed by atoms with van der Waals surface area (Å²) < 4.78 is 5.55. The van der Waals surface area contributed by atoms with Crippen LogP contribution < -0.4 is 0 Å². The van der Waals surface area contributed by atoms with E-state index < -0.39 is 12.1 Å². The van der Waals surface area contributed by atoms with Crippen molar-refractivity contribution in [3.63, 3.8) is 0 Å². The van der Waals surface area contributed by atoms with E-state index in [0.717, 1.165) is 12.1 Å².